The van der Waals surface area contributed by atoms with Crippen molar-refractivity contribution < 1.29 is 18.0 Å². The van der Waals surface area contributed by atoms with E-state index in [1.165, 1.54) is 0 Å². The van der Waals surface area contributed by atoms with E-state index < -0.39 is 18.4 Å². The number of alkyl halides is 3. The van der Waals surface area contributed by atoms with Crippen LogP contribution < -0.4 is 4.90 Å². The zero-order valence-corrected chi connectivity index (χ0v) is 18.3. The second-order valence-electron chi connectivity index (χ2n) is 9.12. The molecule has 1 aliphatic heterocycles. The second-order valence-corrected chi connectivity index (χ2v) is 9.12. The van der Waals surface area contributed by atoms with Crippen molar-refractivity contribution in [1.29, 1.82) is 5.26 Å². The van der Waals surface area contributed by atoms with E-state index in [2.05, 4.69) is 15.9 Å². The Kier molecular flexibility index (Phi) is 7.99. The number of piperazine rings is 1. The van der Waals surface area contributed by atoms with Gasteiger partial charge in [-0.3, -0.25) is 9.69 Å². The lowest BCUT2D eigenvalue weighted by molar-refractivity contribution is -0.153. The van der Waals surface area contributed by atoms with Gasteiger partial charge < -0.3 is 4.90 Å². The number of nitriles is 1. The third-order valence-electron chi connectivity index (χ3n) is 6.81. The predicted molar refractivity (Wildman–Crippen MR) is 115 cm³/mol. The van der Waals surface area contributed by atoms with Gasteiger partial charge in [-0.2, -0.15) is 18.4 Å². The summed E-state index contributed by atoms with van der Waals surface area (Å²) in [6.45, 7) is 6.77. The van der Waals surface area contributed by atoms with Crippen LogP contribution in [0, 0.1) is 30.1 Å². The predicted octanol–water partition coefficient (Wildman–Crippen LogP) is 5.10. The molecule has 7 heteroatoms. The van der Waals surface area contributed by atoms with Crippen molar-refractivity contribution >= 4 is 11.5 Å². The Morgan fingerprint density at radius 1 is 1.10 bits per heavy atom. The minimum atomic E-state index is -4.38. The number of ketones is 1. The number of nitrogens with zero attached hydrogens (tertiary/aromatic N) is 3. The Balaban J connectivity index is 1.36. The zero-order valence-electron chi connectivity index (χ0n) is 18.3. The van der Waals surface area contributed by atoms with Gasteiger partial charge in [0, 0.05) is 32.6 Å². The fraction of sp³-hybridized carbons (Fsp3) is 0.667. The molecule has 3 rings (SSSR count). The quantitative estimate of drug-likeness (QED) is 0.598. The van der Waals surface area contributed by atoms with Crippen LogP contribution in [0.1, 0.15) is 56.1 Å². The number of halogens is 3. The molecule has 170 valence electrons. The Hall–Kier alpha value is -2.07. The van der Waals surface area contributed by atoms with Crippen LogP contribution in [0.5, 0.6) is 0 Å². The van der Waals surface area contributed by atoms with Crippen LogP contribution in [-0.4, -0.2) is 49.6 Å². The lowest BCUT2D eigenvalue weighted by Gasteiger charge is -2.37. The molecular formula is C24H32F3N3O. The van der Waals surface area contributed by atoms with Crippen molar-refractivity contribution in [2.45, 2.75) is 58.0 Å². The van der Waals surface area contributed by atoms with Gasteiger partial charge in [0.1, 0.15) is 18.3 Å². The van der Waals surface area contributed by atoms with Gasteiger partial charge in [-0.05, 0) is 56.2 Å². The average Bonchev–Trinajstić information content (AvgIpc) is 2.72. The molecule has 0 bridgehead atoms. The molecule has 0 radical (unpaired) electrons. The van der Waals surface area contributed by atoms with E-state index in [4.69, 9.17) is 0 Å². The van der Waals surface area contributed by atoms with E-state index >= 15 is 0 Å². The third kappa shape index (κ3) is 6.96. The van der Waals surface area contributed by atoms with Gasteiger partial charge in [0.15, 0.2) is 0 Å². The molecular weight excluding hydrogens is 403 g/mol. The molecule has 1 aromatic rings. The van der Waals surface area contributed by atoms with Gasteiger partial charge >= 0.3 is 6.18 Å². The average molecular weight is 436 g/mol. The summed E-state index contributed by atoms with van der Waals surface area (Å²) in [5.41, 5.74) is 2.81. The summed E-state index contributed by atoms with van der Waals surface area (Å²) in [6, 6.07) is 8.34. The van der Waals surface area contributed by atoms with Gasteiger partial charge in [-0.15, -0.1) is 0 Å². The number of hydrogen-bond donors (Lipinski definition) is 0. The lowest BCUT2D eigenvalue weighted by Crippen LogP contribution is -2.47. The van der Waals surface area contributed by atoms with Crippen molar-refractivity contribution in [3.8, 4) is 6.07 Å². The highest BCUT2D eigenvalue weighted by Crippen LogP contribution is 2.34. The molecule has 0 N–H and O–H groups in total. The highest BCUT2D eigenvalue weighted by atomic mass is 19.4. The summed E-state index contributed by atoms with van der Waals surface area (Å²) in [6.07, 6.45) is -0.712. The monoisotopic (exact) mass is 435 g/mol. The number of aryl methyl sites for hydroxylation is 1. The van der Waals surface area contributed by atoms with Crippen molar-refractivity contribution in [2.75, 3.05) is 37.6 Å². The molecule has 0 amide bonds. The number of benzene rings is 1. The molecule has 4 nitrogen and oxygen atoms in total. The molecule has 0 aromatic heterocycles. The van der Waals surface area contributed by atoms with Gasteiger partial charge in [0.05, 0.1) is 11.3 Å². The molecule has 2 aliphatic rings. The summed E-state index contributed by atoms with van der Waals surface area (Å²) < 4.78 is 37.0. The largest absolute Gasteiger partial charge is 0.395 e. The maximum absolute atomic E-state index is 12.3. The summed E-state index contributed by atoms with van der Waals surface area (Å²) in [7, 11) is 0. The number of carbonyl (C=O) groups is 1. The van der Waals surface area contributed by atoms with Crippen LogP contribution in [0.25, 0.3) is 0 Å². The van der Waals surface area contributed by atoms with Crippen LogP contribution >= 0.6 is 0 Å². The Morgan fingerprint density at radius 2 is 1.74 bits per heavy atom. The lowest BCUT2D eigenvalue weighted by atomic mass is 9.78. The molecule has 0 spiro atoms. The summed E-state index contributed by atoms with van der Waals surface area (Å²) in [5.74, 6) is 0.0641. The second kappa shape index (κ2) is 10.5. The minimum absolute atomic E-state index is 0.0812. The van der Waals surface area contributed by atoms with E-state index in [1.807, 2.05) is 25.1 Å². The van der Waals surface area contributed by atoms with Crippen molar-refractivity contribution in [1.82, 2.24) is 4.90 Å². The molecule has 2 fully saturated rings. The van der Waals surface area contributed by atoms with E-state index in [9.17, 15) is 23.2 Å². The molecule has 0 atom stereocenters. The van der Waals surface area contributed by atoms with E-state index in [-0.39, 0.29) is 12.3 Å². The molecule has 0 unspecified atom stereocenters. The first kappa shape index (κ1) is 23.6. The first-order valence-electron chi connectivity index (χ1n) is 11.3. The van der Waals surface area contributed by atoms with Crippen LogP contribution in [0.3, 0.4) is 0 Å². The van der Waals surface area contributed by atoms with Gasteiger partial charge in [-0.25, -0.2) is 0 Å². The molecule has 1 saturated heterocycles. The highest BCUT2D eigenvalue weighted by Gasteiger charge is 2.32. The van der Waals surface area contributed by atoms with Crippen LogP contribution in [0.4, 0.5) is 18.9 Å². The van der Waals surface area contributed by atoms with Crippen LogP contribution in [-0.2, 0) is 4.79 Å². The number of hydrogen-bond acceptors (Lipinski definition) is 4. The van der Waals surface area contributed by atoms with Gasteiger partial charge in [-0.1, -0.05) is 25.0 Å². The summed E-state index contributed by atoms with van der Waals surface area (Å²) in [4.78, 5) is 16.3. The van der Waals surface area contributed by atoms with Crippen LogP contribution in [0.15, 0.2) is 18.2 Å². The molecule has 1 saturated carbocycles. The molecule has 31 heavy (non-hydrogen) atoms. The summed E-state index contributed by atoms with van der Waals surface area (Å²) >= 11 is 0. The van der Waals surface area contributed by atoms with Crippen molar-refractivity contribution in [3.63, 3.8) is 0 Å². The first-order chi connectivity index (χ1) is 14.7. The number of carbonyl (C=O) groups excluding carboxylic acids is 1. The SMILES string of the molecule is Cc1cccc(N2CCN(CCC3CCC(CC(=O)CC(F)(F)F)CC3)CC2)c1C#N. The number of Topliss-reactive ketones (excluding diaryl/α,β-unsaturated/α-hetero) is 1. The van der Waals surface area contributed by atoms with Gasteiger partial charge in [0.25, 0.3) is 0 Å². The maximum atomic E-state index is 12.3. The number of anilines is 1. The van der Waals surface area contributed by atoms with E-state index in [0.29, 0.717) is 5.92 Å². The zero-order chi connectivity index (χ0) is 22.4. The highest BCUT2D eigenvalue weighted by molar-refractivity contribution is 5.79. The van der Waals surface area contributed by atoms with Gasteiger partial charge in [0.2, 0.25) is 0 Å². The Bertz CT molecular complexity index is 786. The van der Waals surface area contributed by atoms with Crippen LogP contribution in [0.2, 0.25) is 0 Å². The molecule has 1 aliphatic carbocycles. The van der Waals surface area contributed by atoms with Crippen molar-refractivity contribution in [2.24, 2.45) is 11.8 Å². The Morgan fingerprint density at radius 3 is 2.35 bits per heavy atom. The first-order valence-corrected chi connectivity index (χ1v) is 11.3. The number of rotatable bonds is 7. The van der Waals surface area contributed by atoms with Crippen molar-refractivity contribution in [3.05, 3.63) is 29.3 Å². The fourth-order valence-corrected chi connectivity index (χ4v) is 4.98. The maximum Gasteiger partial charge on any atom is 0.395 e. The topological polar surface area (TPSA) is 47.3 Å². The fourth-order valence-electron chi connectivity index (χ4n) is 4.98. The molecule has 1 heterocycles. The smallest absolute Gasteiger partial charge is 0.368 e. The van der Waals surface area contributed by atoms with E-state index in [0.717, 1.165) is 81.6 Å². The normalized spacial score (nSPS) is 22.9. The Labute approximate surface area is 183 Å². The summed E-state index contributed by atoms with van der Waals surface area (Å²) in [5, 5.41) is 9.47. The standard InChI is InChI=1S/C24H32F3N3O/c1-18-3-2-4-23(22(18)17-28)30-13-11-29(12-14-30)10-9-19-5-7-20(8-6-19)15-21(31)16-24(25,26)27/h2-4,19-20H,5-16H2,1H3. The minimum Gasteiger partial charge on any atom is -0.368 e. The molecule has 1 aromatic carbocycles. The third-order valence-corrected chi connectivity index (χ3v) is 6.81. The van der Waals surface area contributed by atoms with E-state index in [1.54, 1.807) is 0 Å².